The minimum absolute atomic E-state index is 0.0178. The molecule has 0 fully saturated rings. The molecule has 0 spiro atoms. The van der Waals surface area contributed by atoms with Crippen molar-refractivity contribution in [3.05, 3.63) is 76.7 Å². The average Bonchev–Trinajstić information content (AvgIpc) is 2.68. The Bertz CT molecular complexity index is 810. The summed E-state index contributed by atoms with van der Waals surface area (Å²) in [5, 5.41) is 15.8. The van der Waals surface area contributed by atoms with E-state index in [1.54, 1.807) is 30.6 Å². The van der Waals surface area contributed by atoms with Crippen molar-refractivity contribution < 1.29 is 4.74 Å². The third kappa shape index (κ3) is 11.9. The molecule has 4 heteroatoms. The van der Waals surface area contributed by atoms with Crippen molar-refractivity contribution in [1.82, 2.24) is 4.98 Å². The summed E-state index contributed by atoms with van der Waals surface area (Å²) < 4.78 is 5.28. The maximum Gasteiger partial charge on any atom is 0.222 e. The molecule has 0 saturated heterocycles. The predicted octanol–water partition coefficient (Wildman–Crippen LogP) is 7.55. The van der Waals surface area contributed by atoms with E-state index in [0.717, 1.165) is 44.1 Å². The predicted molar refractivity (Wildman–Crippen MR) is 128 cm³/mol. The molecule has 162 valence electrons. The highest BCUT2D eigenvalue weighted by Crippen LogP contribution is 2.13. The minimum Gasteiger partial charge on any atom is -0.421 e. The normalized spacial score (nSPS) is 12.5. The number of aromatic nitrogens is 1. The van der Waals surface area contributed by atoms with Gasteiger partial charge in [-0.15, -0.1) is 0 Å². The molecule has 4 nitrogen and oxygen atoms in total. The number of hydrogen-bond acceptors (Lipinski definition) is 4. The summed E-state index contributed by atoms with van der Waals surface area (Å²) >= 11 is 0. The number of pyridine rings is 1. The molecule has 0 aliphatic carbocycles. The molecule has 0 bridgehead atoms. The van der Waals surface area contributed by atoms with Gasteiger partial charge in [0, 0.05) is 12.4 Å². The molecule has 0 amide bonds. The molecule has 1 heterocycles. The Morgan fingerprint density at radius 1 is 0.867 bits per heavy atom. The molecule has 2 N–H and O–H groups in total. The Hall–Kier alpha value is -2.75. The quantitative estimate of drug-likeness (QED) is 0.226. The summed E-state index contributed by atoms with van der Waals surface area (Å²) in [4.78, 5) is 3.96. The molecule has 0 aliphatic rings. The topological polar surface area (TPSA) is 69.8 Å². The maximum atomic E-state index is 7.94. The Kier molecular flexibility index (Phi) is 12.0. The molecule has 1 aromatic heterocycles. The van der Waals surface area contributed by atoms with Gasteiger partial charge in [0.2, 0.25) is 11.8 Å². The van der Waals surface area contributed by atoms with Crippen molar-refractivity contribution in [2.75, 3.05) is 0 Å². The van der Waals surface area contributed by atoms with Gasteiger partial charge in [-0.3, -0.25) is 15.8 Å². The highest BCUT2D eigenvalue weighted by molar-refractivity contribution is 6.02. The van der Waals surface area contributed by atoms with Crippen LogP contribution in [0.25, 0.3) is 0 Å². The van der Waals surface area contributed by atoms with Crippen LogP contribution in [0.5, 0.6) is 0 Å². The summed E-state index contributed by atoms with van der Waals surface area (Å²) in [5.74, 6) is -0.0760. The standard InChI is InChI=1S/C26H37N3O/c1-20(2)10-6-11-21(3)12-7-13-22(4)14-8-15-23(5)18-25(27)30-26(28)24-16-9-17-29-19-24/h9-10,12,14,16-19,27-28H,6-8,11,13,15H2,1-5H3/b21-12+,22-14+,23-18+,27-25?,28-26?. The lowest BCUT2D eigenvalue weighted by Gasteiger charge is -2.06. The van der Waals surface area contributed by atoms with Gasteiger partial charge in [-0.25, -0.2) is 0 Å². The minimum atomic E-state index is -0.0583. The lowest BCUT2D eigenvalue weighted by atomic mass is 10.0. The molecule has 1 rings (SSSR count). The second-order valence-electron chi connectivity index (χ2n) is 8.03. The first kappa shape index (κ1) is 25.3. The fraction of sp³-hybridized carbons (Fsp3) is 0.423. The van der Waals surface area contributed by atoms with Gasteiger partial charge in [-0.05, 0) is 91.4 Å². The zero-order valence-corrected chi connectivity index (χ0v) is 19.2. The van der Waals surface area contributed by atoms with Crippen molar-refractivity contribution in [2.24, 2.45) is 0 Å². The number of nitrogens with one attached hydrogen (secondary N) is 2. The molecular formula is C26H37N3O. The monoisotopic (exact) mass is 407 g/mol. The van der Waals surface area contributed by atoms with Crippen molar-refractivity contribution >= 4 is 11.8 Å². The summed E-state index contributed by atoms with van der Waals surface area (Å²) in [6.45, 7) is 10.7. The fourth-order valence-corrected chi connectivity index (χ4v) is 2.88. The van der Waals surface area contributed by atoms with Crippen LogP contribution in [0, 0.1) is 10.8 Å². The number of ether oxygens (including phenoxy) is 1. The third-order valence-corrected chi connectivity index (χ3v) is 4.67. The van der Waals surface area contributed by atoms with Gasteiger partial charge in [0.15, 0.2) is 0 Å². The first-order valence-electron chi connectivity index (χ1n) is 10.6. The Morgan fingerprint density at radius 2 is 1.43 bits per heavy atom. The summed E-state index contributed by atoms with van der Waals surface area (Å²) in [6.07, 6.45) is 18.1. The van der Waals surface area contributed by atoms with Crippen LogP contribution in [-0.4, -0.2) is 16.8 Å². The number of hydrogen-bond donors (Lipinski definition) is 2. The first-order chi connectivity index (χ1) is 14.3. The van der Waals surface area contributed by atoms with Crippen molar-refractivity contribution in [1.29, 1.82) is 10.8 Å². The Balaban J connectivity index is 2.34. The van der Waals surface area contributed by atoms with E-state index in [1.165, 1.54) is 16.7 Å². The van der Waals surface area contributed by atoms with Crippen LogP contribution in [0.1, 0.15) is 78.7 Å². The molecule has 0 aromatic carbocycles. The van der Waals surface area contributed by atoms with E-state index in [2.05, 4.69) is 50.9 Å². The number of nitrogens with zero attached hydrogens (tertiary/aromatic N) is 1. The molecule has 1 aromatic rings. The first-order valence-corrected chi connectivity index (χ1v) is 10.6. The number of allylic oxidation sites excluding steroid dienone is 7. The van der Waals surface area contributed by atoms with E-state index in [4.69, 9.17) is 15.6 Å². The highest BCUT2D eigenvalue weighted by Gasteiger charge is 2.05. The summed E-state index contributed by atoms with van der Waals surface area (Å²) in [6, 6.07) is 3.49. The third-order valence-electron chi connectivity index (χ3n) is 4.67. The van der Waals surface area contributed by atoms with Gasteiger partial charge in [0.1, 0.15) is 0 Å². The van der Waals surface area contributed by atoms with Crippen molar-refractivity contribution in [3.63, 3.8) is 0 Å². The number of rotatable bonds is 11. The van der Waals surface area contributed by atoms with Gasteiger partial charge < -0.3 is 4.74 Å². The van der Waals surface area contributed by atoms with Crippen LogP contribution in [-0.2, 0) is 4.74 Å². The average molecular weight is 408 g/mol. The molecule has 0 saturated carbocycles. The largest absolute Gasteiger partial charge is 0.421 e. The van der Waals surface area contributed by atoms with E-state index in [-0.39, 0.29) is 11.8 Å². The second-order valence-corrected chi connectivity index (χ2v) is 8.03. The van der Waals surface area contributed by atoms with E-state index >= 15 is 0 Å². The summed E-state index contributed by atoms with van der Waals surface area (Å²) in [5.41, 5.74) is 5.89. The SMILES string of the molecule is CC(C)=CCC/C(C)=C/CC/C(C)=C/CC/C(C)=C/C(=N)OC(=N)c1cccnc1. The van der Waals surface area contributed by atoms with Gasteiger partial charge in [0.25, 0.3) is 0 Å². The van der Waals surface area contributed by atoms with Crippen molar-refractivity contribution in [3.8, 4) is 0 Å². The molecule has 0 atom stereocenters. The molecular weight excluding hydrogens is 370 g/mol. The molecule has 30 heavy (non-hydrogen) atoms. The fourth-order valence-electron chi connectivity index (χ4n) is 2.88. The lowest BCUT2D eigenvalue weighted by molar-refractivity contribution is 0.540. The highest BCUT2D eigenvalue weighted by atomic mass is 16.5. The van der Waals surface area contributed by atoms with Crippen LogP contribution in [0.15, 0.2) is 71.1 Å². The molecule has 0 aliphatic heterocycles. The van der Waals surface area contributed by atoms with E-state index in [0.29, 0.717) is 5.56 Å². The van der Waals surface area contributed by atoms with Gasteiger partial charge in [0.05, 0.1) is 5.56 Å². The smallest absolute Gasteiger partial charge is 0.222 e. The van der Waals surface area contributed by atoms with E-state index in [9.17, 15) is 0 Å². The second kappa shape index (κ2) is 14.3. The van der Waals surface area contributed by atoms with Crippen LogP contribution in [0.3, 0.4) is 0 Å². The molecule has 0 unspecified atom stereocenters. The van der Waals surface area contributed by atoms with Crippen LogP contribution < -0.4 is 0 Å². The Morgan fingerprint density at radius 3 is 1.97 bits per heavy atom. The lowest BCUT2D eigenvalue weighted by Crippen LogP contribution is -2.10. The van der Waals surface area contributed by atoms with Gasteiger partial charge >= 0.3 is 0 Å². The van der Waals surface area contributed by atoms with Crippen molar-refractivity contribution in [2.45, 2.75) is 73.1 Å². The summed E-state index contributed by atoms with van der Waals surface area (Å²) in [7, 11) is 0. The van der Waals surface area contributed by atoms with Gasteiger partial charge in [-0.2, -0.15) is 0 Å². The van der Waals surface area contributed by atoms with Crippen LogP contribution >= 0.6 is 0 Å². The van der Waals surface area contributed by atoms with Crippen LogP contribution in [0.4, 0.5) is 0 Å². The Labute approximate surface area is 182 Å². The van der Waals surface area contributed by atoms with E-state index in [1.807, 2.05) is 6.92 Å². The molecule has 0 radical (unpaired) electrons. The van der Waals surface area contributed by atoms with Crippen LogP contribution in [0.2, 0.25) is 0 Å². The zero-order valence-electron chi connectivity index (χ0n) is 19.2. The van der Waals surface area contributed by atoms with E-state index < -0.39 is 0 Å². The van der Waals surface area contributed by atoms with Gasteiger partial charge in [-0.1, -0.05) is 40.5 Å². The zero-order chi connectivity index (χ0) is 22.4. The maximum absolute atomic E-state index is 7.94.